The van der Waals surface area contributed by atoms with Gasteiger partial charge in [0.2, 0.25) is 0 Å². The Labute approximate surface area is 101 Å². The monoisotopic (exact) mass is 283 g/mol. The van der Waals surface area contributed by atoms with Crippen molar-refractivity contribution in [2.45, 2.75) is 13.0 Å². The van der Waals surface area contributed by atoms with E-state index in [2.05, 4.69) is 20.9 Å². The van der Waals surface area contributed by atoms with E-state index in [1.165, 1.54) is 0 Å². The molecule has 2 aromatic heterocycles. The lowest BCUT2D eigenvalue weighted by molar-refractivity contribution is 0.220. The average Bonchev–Trinajstić information content (AvgIpc) is 2.65. The van der Waals surface area contributed by atoms with Gasteiger partial charge in [0.25, 0.3) is 0 Å². The summed E-state index contributed by atoms with van der Waals surface area (Å²) in [6.07, 6.45) is 1.13. The van der Waals surface area contributed by atoms with Gasteiger partial charge in [-0.05, 0) is 45.9 Å². The molecule has 2 nitrogen and oxygen atoms in total. The van der Waals surface area contributed by atoms with Crippen LogP contribution in [0.5, 0.6) is 0 Å². The summed E-state index contributed by atoms with van der Waals surface area (Å²) in [4.78, 5) is 4.16. The van der Waals surface area contributed by atoms with E-state index in [4.69, 9.17) is 0 Å². The highest BCUT2D eigenvalue weighted by Crippen LogP contribution is 2.28. The van der Waals surface area contributed by atoms with Gasteiger partial charge in [-0.25, -0.2) is 0 Å². The van der Waals surface area contributed by atoms with Crippen molar-refractivity contribution in [2.24, 2.45) is 0 Å². The second-order valence-corrected chi connectivity index (χ2v) is 5.61. The highest BCUT2D eigenvalue weighted by Gasteiger charge is 2.11. The smallest absolute Gasteiger partial charge is 0.106 e. The lowest BCUT2D eigenvalue weighted by Gasteiger charge is -2.08. The van der Waals surface area contributed by atoms with E-state index in [0.29, 0.717) is 0 Å². The van der Waals surface area contributed by atoms with Gasteiger partial charge in [-0.2, -0.15) is 0 Å². The van der Waals surface area contributed by atoms with Crippen LogP contribution in [0.4, 0.5) is 0 Å². The van der Waals surface area contributed by atoms with E-state index >= 15 is 0 Å². The molecule has 0 bridgehead atoms. The van der Waals surface area contributed by atoms with Crippen LogP contribution in [0.2, 0.25) is 0 Å². The molecule has 0 fully saturated rings. The van der Waals surface area contributed by atoms with Crippen LogP contribution in [0, 0.1) is 6.92 Å². The van der Waals surface area contributed by atoms with E-state index in [9.17, 15) is 5.11 Å². The molecule has 1 N–H and O–H groups in total. The summed E-state index contributed by atoms with van der Waals surface area (Å²) in [5, 5.41) is 12.0. The summed E-state index contributed by atoms with van der Waals surface area (Å²) in [6.45, 7) is 1.93. The number of aryl methyl sites for hydroxylation is 1. The number of aromatic nitrogens is 1. The van der Waals surface area contributed by atoms with Crippen LogP contribution in [0.3, 0.4) is 0 Å². The van der Waals surface area contributed by atoms with Crippen LogP contribution in [-0.4, -0.2) is 10.1 Å². The van der Waals surface area contributed by atoms with Gasteiger partial charge >= 0.3 is 0 Å². The van der Waals surface area contributed by atoms with Crippen LogP contribution in [-0.2, 0) is 0 Å². The van der Waals surface area contributed by atoms with Gasteiger partial charge in [0.05, 0.1) is 3.79 Å². The van der Waals surface area contributed by atoms with Crippen LogP contribution in [0.15, 0.2) is 33.6 Å². The fourth-order valence-electron chi connectivity index (χ4n) is 1.30. The minimum atomic E-state index is -0.583. The molecule has 0 saturated heterocycles. The van der Waals surface area contributed by atoms with Gasteiger partial charge in [0, 0.05) is 17.5 Å². The first kappa shape index (κ1) is 10.8. The second kappa shape index (κ2) is 4.43. The van der Waals surface area contributed by atoms with Crippen LogP contribution in [0.25, 0.3) is 0 Å². The Kier molecular flexibility index (Phi) is 3.19. The number of aliphatic hydroxyl groups is 1. The number of pyridine rings is 1. The van der Waals surface area contributed by atoms with Gasteiger partial charge in [-0.1, -0.05) is 6.07 Å². The second-order valence-electron chi connectivity index (χ2n) is 3.32. The molecule has 0 aliphatic carbocycles. The minimum Gasteiger partial charge on any atom is -0.384 e. The van der Waals surface area contributed by atoms with Gasteiger partial charge < -0.3 is 5.11 Å². The molecule has 15 heavy (non-hydrogen) atoms. The van der Waals surface area contributed by atoms with Gasteiger partial charge in [0.15, 0.2) is 0 Å². The summed E-state index contributed by atoms with van der Waals surface area (Å²) < 4.78 is 1.02. The highest BCUT2D eigenvalue weighted by molar-refractivity contribution is 9.11. The Morgan fingerprint density at radius 2 is 2.20 bits per heavy atom. The number of hydrogen-bond donors (Lipinski definition) is 1. The maximum Gasteiger partial charge on any atom is 0.106 e. The maximum atomic E-state index is 10.0. The number of aliphatic hydroxyl groups excluding tert-OH is 1. The molecule has 0 amide bonds. The quantitative estimate of drug-likeness (QED) is 0.918. The third kappa shape index (κ3) is 2.45. The molecule has 2 rings (SSSR count). The molecule has 2 aromatic rings. The maximum absolute atomic E-state index is 10.0. The molecule has 0 aliphatic heterocycles. The Bertz CT molecular complexity index is 452. The summed E-state index contributed by atoms with van der Waals surface area (Å²) in [5.74, 6) is 0. The number of hydrogen-bond acceptors (Lipinski definition) is 3. The largest absolute Gasteiger partial charge is 0.384 e. The van der Waals surface area contributed by atoms with Crippen LogP contribution in [0.1, 0.15) is 22.9 Å². The first-order valence-corrected chi connectivity index (χ1v) is 6.18. The normalized spacial score (nSPS) is 12.7. The van der Waals surface area contributed by atoms with Crippen molar-refractivity contribution in [1.29, 1.82) is 0 Å². The molecular weight excluding hydrogens is 274 g/mol. The van der Waals surface area contributed by atoms with Gasteiger partial charge in [-0.3, -0.25) is 4.98 Å². The molecule has 4 heteroatoms. The predicted octanol–water partition coefficient (Wildman–Crippen LogP) is 3.30. The van der Waals surface area contributed by atoms with Gasteiger partial charge in [-0.15, -0.1) is 11.3 Å². The molecule has 78 valence electrons. The highest BCUT2D eigenvalue weighted by atomic mass is 79.9. The van der Waals surface area contributed by atoms with Crippen LogP contribution < -0.4 is 0 Å². The SMILES string of the molecule is Cc1ccc(C(O)c2csc(Br)c2)cn1. The fourth-order valence-corrected chi connectivity index (χ4v) is 2.49. The zero-order chi connectivity index (χ0) is 10.8. The molecule has 0 spiro atoms. The predicted molar refractivity (Wildman–Crippen MR) is 65.1 cm³/mol. The van der Waals surface area contributed by atoms with Crippen molar-refractivity contribution < 1.29 is 5.11 Å². The van der Waals surface area contributed by atoms with E-state index < -0.39 is 6.10 Å². The summed E-state index contributed by atoms with van der Waals surface area (Å²) >= 11 is 4.94. The van der Waals surface area contributed by atoms with E-state index in [-0.39, 0.29) is 0 Å². The number of halogens is 1. The Morgan fingerprint density at radius 3 is 2.73 bits per heavy atom. The van der Waals surface area contributed by atoms with E-state index in [1.54, 1.807) is 17.5 Å². The number of rotatable bonds is 2. The molecule has 1 atom stereocenters. The number of thiophene rings is 1. The summed E-state index contributed by atoms with van der Waals surface area (Å²) in [7, 11) is 0. The first-order valence-electron chi connectivity index (χ1n) is 4.51. The Morgan fingerprint density at radius 1 is 1.40 bits per heavy atom. The summed E-state index contributed by atoms with van der Waals surface area (Å²) in [5.41, 5.74) is 2.68. The van der Waals surface area contributed by atoms with Gasteiger partial charge in [0.1, 0.15) is 6.10 Å². The zero-order valence-electron chi connectivity index (χ0n) is 8.14. The van der Waals surface area contributed by atoms with Crippen molar-refractivity contribution in [3.63, 3.8) is 0 Å². The third-order valence-corrected chi connectivity index (χ3v) is 3.68. The van der Waals surface area contributed by atoms with E-state index in [1.807, 2.05) is 30.5 Å². The molecule has 0 aromatic carbocycles. The van der Waals surface area contributed by atoms with Crippen molar-refractivity contribution >= 4 is 27.3 Å². The minimum absolute atomic E-state index is 0.583. The Hall–Kier alpha value is -0.710. The molecule has 1 unspecified atom stereocenters. The fraction of sp³-hybridized carbons (Fsp3) is 0.182. The molecule has 0 aliphatic rings. The lowest BCUT2D eigenvalue weighted by Crippen LogP contribution is -1.98. The standard InChI is InChI=1S/C11H10BrNOS/c1-7-2-3-8(5-13-7)11(14)9-4-10(12)15-6-9/h2-6,11,14H,1H3. The molecule has 2 heterocycles. The van der Waals surface area contributed by atoms with Crippen molar-refractivity contribution in [3.05, 3.63) is 50.4 Å². The topological polar surface area (TPSA) is 33.1 Å². The zero-order valence-corrected chi connectivity index (χ0v) is 10.5. The van der Waals surface area contributed by atoms with Crippen molar-refractivity contribution in [1.82, 2.24) is 4.98 Å². The lowest BCUT2D eigenvalue weighted by atomic mass is 10.1. The molecule has 0 radical (unpaired) electrons. The average molecular weight is 284 g/mol. The number of nitrogens with zero attached hydrogens (tertiary/aromatic N) is 1. The third-order valence-electron chi connectivity index (χ3n) is 2.15. The van der Waals surface area contributed by atoms with Crippen molar-refractivity contribution in [3.8, 4) is 0 Å². The van der Waals surface area contributed by atoms with E-state index in [0.717, 1.165) is 20.6 Å². The van der Waals surface area contributed by atoms with Crippen molar-refractivity contribution in [2.75, 3.05) is 0 Å². The molecular formula is C11H10BrNOS. The molecule has 0 saturated carbocycles. The summed E-state index contributed by atoms with van der Waals surface area (Å²) in [6, 6.07) is 5.73. The van der Waals surface area contributed by atoms with Crippen LogP contribution >= 0.6 is 27.3 Å². The Balaban J connectivity index is 2.28. The first-order chi connectivity index (χ1) is 7.16.